The highest BCUT2D eigenvalue weighted by atomic mass is 16.4. The lowest BCUT2D eigenvalue weighted by Gasteiger charge is -2.23. The van der Waals surface area contributed by atoms with Crippen molar-refractivity contribution >= 4 is 12.0 Å². The maximum absolute atomic E-state index is 11.9. The number of hydrogen-bond donors (Lipinski definition) is 3. The molecule has 0 aliphatic rings. The summed E-state index contributed by atoms with van der Waals surface area (Å²) in [6.07, 6.45) is 16.0. The number of unbranched alkanes of at least 4 members (excludes halogenated alkanes) is 12. The Kier molecular flexibility index (Phi) is 18.2. The molecule has 28 heavy (non-hydrogen) atoms. The molecule has 0 radical (unpaired) electrons. The monoisotopic (exact) mass is 400 g/mol. The van der Waals surface area contributed by atoms with Gasteiger partial charge in [0.05, 0.1) is 6.61 Å². The third-order valence-electron chi connectivity index (χ3n) is 5.05. The first-order valence-corrected chi connectivity index (χ1v) is 11.4. The van der Waals surface area contributed by atoms with E-state index in [4.69, 9.17) is 10.2 Å². The van der Waals surface area contributed by atoms with Crippen molar-refractivity contribution < 1.29 is 19.8 Å². The number of amides is 2. The van der Waals surface area contributed by atoms with Crippen LogP contribution in [0.1, 0.15) is 104 Å². The predicted molar refractivity (Wildman–Crippen MR) is 115 cm³/mol. The van der Waals surface area contributed by atoms with E-state index in [2.05, 4.69) is 12.2 Å². The van der Waals surface area contributed by atoms with Crippen LogP contribution >= 0.6 is 0 Å². The average molecular weight is 401 g/mol. The summed E-state index contributed by atoms with van der Waals surface area (Å²) >= 11 is 0. The van der Waals surface area contributed by atoms with E-state index in [1.54, 1.807) is 6.92 Å². The smallest absolute Gasteiger partial charge is 0.407 e. The van der Waals surface area contributed by atoms with Crippen molar-refractivity contribution in [3.63, 3.8) is 0 Å². The van der Waals surface area contributed by atoms with Crippen molar-refractivity contribution in [2.24, 2.45) is 0 Å². The molecule has 0 fully saturated rings. The summed E-state index contributed by atoms with van der Waals surface area (Å²) in [5.74, 6) is -0.0232. The predicted octanol–water partition coefficient (Wildman–Crippen LogP) is 4.94. The zero-order valence-electron chi connectivity index (χ0n) is 18.3. The molecule has 0 bridgehead atoms. The first kappa shape index (κ1) is 26.7. The molecule has 6 heteroatoms. The fraction of sp³-hybridized carbons (Fsp3) is 0.909. The van der Waals surface area contributed by atoms with Crippen LogP contribution in [0.5, 0.6) is 0 Å². The molecule has 166 valence electrons. The van der Waals surface area contributed by atoms with Gasteiger partial charge in [-0.1, -0.05) is 84.0 Å². The Hall–Kier alpha value is -1.30. The molecule has 0 aromatic heterocycles. The number of carbonyl (C=O) groups is 2. The Morgan fingerprint density at radius 2 is 1.32 bits per heavy atom. The normalized spacial score (nSPS) is 12.0. The van der Waals surface area contributed by atoms with E-state index in [1.807, 2.05) is 0 Å². The summed E-state index contributed by atoms with van der Waals surface area (Å²) in [5, 5.41) is 20.7. The van der Waals surface area contributed by atoms with Crippen molar-refractivity contribution in [3.05, 3.63) is 0 Å². The fourth-order valence-corrected chi connectivity index (χ4v) is 3.41. The maximum atomic E-state index is 11.9. The van der Waals surface area contributed by atoms with E-state index in [0.717, 1.165) is 17.7 Å². The molecule has 1 unspecified atom stereocenters. The summed E-state index contributed by atoms with van der Waals surface area (Å²) in [5.41, 5.74) is 0. The molecule has 0 aromatic carbocycles. The Morgan fingerprint density at radius 1 is 0.857 bits per heavy atom. The van der Waals surface area contributed by atoms with Crippen molar-refractivity contribution in [1.82, 2.24) is 10.2 Å². The van der Waals surface area contributed by atoms with Gasteiger partial charge in [-0.15, -0.1) is 0 Å². The third-order valence-corrected chi connectivity index (χ3v) is 5.05. The second-order valence-electron chi connectivity index (χ2n) is 7.91. The largest absolute Gasteiger partial charge is 0.465 e. The van der Waals surface area contributed by atoms with Crippen LogP contribution in [0.15, 0.2) is 0 Å². The van der Waals surface area contributed by atoms with E-state index in [1.165, 1.54) is 70.6 Å². The number of aliphatic hydroxyl groups is 1. The first-order valence-electron chi connectivity index (χ1n) is 11.4. The summed E-state index contributed by atoms with van der Waals surface area (Å²) in [4.78, 5) is 24.1. The highest BCUT2D eigenvalue weighted by molar-refractivity contribution is 5.76. The maximum Gasteiger partial charge on any atom is 0.407 e. The summed E-state index contributed by atoms with van der Waals surface area (Å²) < 4.78 is 0. The Bertz CT molecular complexity index is 391. The van der Waals surface area contributed by atoms with Crippen LogP contribution in [0, 0.1) is 0 Å². The molecule has 6 nitrogen and oxygen atoms in total. The van der Waals surface area contributed by atoms with Crippen LogP contribution in [0.2, 0.25) is 0 Å². The molecule has 0 aliphatic carbocycles. The fourth-order valence-electron chi connectivity index (χ4n) is 3.41. The van der Waals surface area contributed by atoms with Gasteiger partial charge in [0.25, 0.3) is 0 Å². The van der Waals surface area contributed by atoms with Gasteiger partial charge in [0, 0.05) is 25.6 Å². The van der Waals surface area contributed by atoms with Gasteiger partial charge in [-0.25, -0.2) is 4.79 Å². The van der Waals surface area contributed by atoms with Crippen LogP contribution in [0.4, 0.5) is 4.79 Å². The molecule has 2 amide bonds. The van der Waals surface area contributed by atoms with Gasteiger partial charge in [-0.05, 0) is 13.3 Å². The molecule has 0 saturated heterocycles. The molecule has 0 spiro atoms. The number of carboxylic acid groups (broad SMARTS) is 1. The molecule has 0 saturated carbocycles. The minimum atomic E-state index is -1.08. The molecule has 0 heterocycles. The van der Waals surface area contributed by atoms with Gasteiger partial charge in [0.15, 0.2) is 0 Å². The number of nitrogens with zero attached hydrogens (tertiary/aromatic N) is 1. The molecule has 3 N–H and O–H groups in total. The summed E-state index contributed by atoms with van der Waals surface area (Å²) in [6, 6.07) is -0.253. The Balaban J connectivity index is 3.51. The van der Waals surface area contributed by atoms with Crippen molar-refractivity contribution in [2.75, 3.05) is 19.7 Å². The second-order valence-corrected chi connectivity index (χ2v) is 7.91. The molecule has 0 rings (SSSR count). The van der Waals surface area contributed by atoms with Gasteiger partial charge >= 0.3 is 6.09 Å². The number of carbonyl (C=O) groups excluding carboxylic acids is 1. The van der Waals surface area contributed by atoms with Gasteiger partial charge in [0.1, 0.15) is 0 Å². The van der Waals surface area contributed by atoms with Gasteiger partial charge in [-0.3, -0.25) is 4.79 Å². The Labute approximate surface area is 172 Å². The number of rotatable bonds is 19. The van der Waals surface area contributed by atoms with E-state index < -0.39 is 6.09 Å². The van der Waals surface area contributed by atoms with Crippen molar-refractivity contribution in [2.45, 2.75) is 110 Å². The van der Waals surface area contributed by atoms with E-state index in [-0.39, 0.29) is 31.6 Å². The zero-order valence-corrected chi connectivity index (χ0v) is 18.3. The first-order chi connectivity index (χ1) is 13.5. The van der Waals surface area contributed by atoms with Crippen molar-refractivity contribution in [1.29, 1.82) is 0 Å². The quantitative estimate of drug-likeness (QED) is 0.268. The molecule has 1 atom stereocenters. The molecule has 0 aliphatic heterocycles. The lowest BCUT2D eigenvalue weighted by molar-refractivity contribution is -0.121. The second kappa shape index (κ2) is 19.0. The summed E-state index contributed by atoms with van der Waals surface area (Å²) in [6.45, 7) is 4.08. The summed E-state index contributed by atoms with van der Waals surface area (Å²) in [7, 11) is 0. The van der Waals surface area contributed by atoms with Gasteiger partial charge in [0.2, 0.25) is 5.91 Å². The highest BCUT2D eigenvalue weighted by Crippen LogP contribution is 2.13. The minimum Gasteiger partial charge on any atom is -0.465 e. The van der Waals surface area contributed by atoms with E-state index >= 15 is 0 Å². The zero-order chi connectivity index (χ0) is 21.0. The lowest BCUT2D eigenvalue weighted by Crippen LogP contribution is -2.44. The van der Waals surface area contributed by atoms with Crippen molar-refractivity contribution in [3.8, 4) is 0 Å². The standard InChI is InChI=1S/C22H44N2O4/c1-3-4-5-6-7-8-9-10-11-12-13-14-15-16-21(26)23-20(2)19-24(17-18-25)22(27)28/h20,25H,3-19H2,1-2H3,(H,23,26)(H,27,28). The van der Waals surface area contributed by atoms with Gasteiger partial charge < -0.3 is 20.4 Å². The van der Waals surface area contributed by atoms with Crippen LogP contribution in [-0.2, 0) is 4.79 Å². The number of hydrogen-bond acceptors (Lipinski definition) is 3. The van der Waals surface area contributed by atoms with Gasteiger partial charge in [-0.2, -0.15) is 0 Å². The molecular formula is C22H44N2O4. The Morgan fingerprint density at radius 3 is 1.75 bits per heavy atom. The molecule has 0 aromatic rings. The average Bonchev–Trinajstić information content (AvgIpc) is 2.65. The van der Waals surface area contributed by atoms with E-state index in [9.17, 15) is 9.59 Å². The number of nitrogens with one attached hydrogen (secondary N) is 1. The van der Waals surface area contributed by atoms with E-state index in [0.29, 0.717) is 6.42 Å². The lowest BCUT2D eigenvalue weighted by atomic mass is 10.0. The highest BCUT2D eigenvalue weighted by Gasteiger charge is 2.16. The molecular weight excluding hydrogens is 356 g/mol. The number of aliphatic hydroxyl groups excluding tert-OH is 1. The SMILES string of the molecule is CCCCCCCCCCCCCCCC(=O)NC(C)CN(CCO)C(=O)O. The minimum absolute atomic E-state index is 0.0232. The van der Waals surface area contributed by atoms with Crippen LogP contribution in [-0.4, -0.2) is 52.9 Å². The van der Waals surface area contributed by atoms with Crippen LogP contribution in [0.3, 0.4) is 0 Å². The topological polar surface area (TPSA) is 89.9 Å². The third kappa shape index (κ3) is 16.8. The van der Waals surface area contributed by atoms with Crippen LogP contribution < -0.4 is 5.32 Å². The van der Waals surface area contributed by atoms with Crippen LogP contribution in [0.25, 0.3) is 0 Å².